The first-order valence-corrected chi connectivity index (χ1v) is 10.3. The van der Waals surface area contributed by atoms with Gasteiger partial charge in [-0.25, -0.2) is 9.37 Å². The number of hydrogen-bond acceptors (Lipinski definition) is 4. The Bertz CT molecular complexity index is 1010. The standard InChI is InChI=1S/C21H21F4N3OS/c1-3-27(4-2)11-12-28(20-26-17-10-9-16(22)13-18(17)30-20)19(29)14-5-7-15(8-6-14)21(23,24)25/h5-10,13H,3-4,11-12H2,1-2H3. The summed E-state index contributed by atoms with van der Waals surface area (Å²) in [5.41, 5.74) is -0.123. The van der Waals surface area contributed by atoms with Gasteiger partial charge in [0.15, 0.2) is 5.13 Å². The highest BCUT2D eigenvalue weighted by Crippen LogP contribution is 2.32. The van der Waals surface area contributed by atoms with Crippen LogP contribution < -0.4 is 4.90 Å². The SMILES string of the molecule is CCN(CC)CCN(C(=O)c1ccc(C(F)(F)F)cc1)c1nc2ccc(F)cc2s1. The van der Waals surface area contributed by atoms with E-state index in [1.165, 1.54) is 46.6 Å². The highest BCUT2D eigenvalue weighted by Gasteiger charge is 2.31. The summed E-state index contributed by atoms with van der Waals surface area (Å²) < 4.78 is 52.7. The van der Waals surface area contributed by atoms with Gasteiger partial charge in [-0.15, -0.1) is 0 Å². The van der Waals surface area contributed by atoms with Crippen LogP contribution in [0.15, 0.2) is 42.5 Å². The van der Waals surface area contributed by atoms with Crippen molar-refractivity contribution >= 4 is 32.6 Å². The summed E-state index contributed by atoms with van der Waals surface area (Å²) in [5.74, 6) is -0.850. The van der Waals surface area contributed by atoms with E-state index in [2.05, 4.69) is 9.88 Å². The Balaban J connectivity index is 1.94. The zero-order valence-electron chi connectivity index (χ0n) is 16.5. The fourth-order valence-electron chi connectivity index (χ4n) is 3.02. The number of nitrogens with zero attached hydrogens (tertiary/aromatic N) is 3. The smallest absolute Gasteiger partial charge is 0.302 e. The van der Waals surface area contributed by atoms with Crippen LogP contribution in [0, 0.1) is 5.82 Å². The lowest BCUT2D eigenvalue weighted by atomic mass is 10.1. The molecule has 1 heterocycles. The lowest BCUT2D eigenvalue weighted by molar-refractivity contribution is -0.137. The molecule has 0 saturated heterocycles. The predicted molar refractivity (Wildman–Crippen MR) is 110 cm³/mol. The molecule has 0 atom stereocenters. The Hall–Kier alpha value is -2.52. The van der Waals surface area contributed by atoms with Crippen molar-refractivity contribution in [1.82, 2.24) is 9.88 Å². The average molecular weight is 439 g/mol. The highest BCUT2D eigenvalue weighted by atomic mass is 32.1. The topological polar surface area (TPSA) is 36.4 Å². The molecule has 9 heteroatoms. The molecule has 3 rings (SSSR count). The van der Waals surface area contributed by atoms with Crippen LogP contribution in [0.4, 0.5) is 22.7 Å². The highest BCUT2D eigenvalue weighted by molar-refractivity contribution is 7.22. The van der Waals surface area contributed by atoms with Crippen LogP contribution in [-0.4, -0.2) is 42.0 Å². The van der Waals surface area contributed by atoms with Gasteiger partial charge in [0, 0.05) is 18.7 Å². The number of likely N-dealkylation sites (N-methyl/N-ethyl adjacent to an activating group) is 1. The van der Waals surface area contributed by atoms with Gasteiger partial charge in [-0.1, -0.05) is 25.2 Å². The van der Waals surface area contributed by atoms with E-state index in [4.69, 9.17) is 0 Å². The number of thiazole rings is 1. The molecule has 0 aliphatic carbocycles. The number of amides is 1. The molecule has 1 aromatic heterocycles. The monoisotopic (exact) mass is 439 g/mol. The first kappa shape index (κ1) is 22.2. The van der Waals surface area contributed by atoms with Crippen LogP contribution in [-0.2, 0) is 6.18 Å². The quantitative estimate of drug-likeness (QED) is 0.460. The molecule has 0 unspecified atom stereocenters. The third kappa shape index (κ3) is 4.96. The minimum atomic E-state index is -4.47. The molecule has 4 nitrogen and oxygen atoms in total. The van der Waals surface area contributed by atoms with Gasteiger partial charge in [0.1, 0.15) is 5.82 Å². The normalized spacial score (nSPS) is 12.0. The summed E-state index contributed by atoms with van der Waals surface area (Å²) in [6.45, 7) is 6.49. The van der Waals surface area contributed by atoms with E-state index in [0.717, 1.165) is 25.2 Å². The fraction of sp³-hybridized carbons (Fsp3) is 0.333. The van der Waals surface area contributed by atoms with E-state index in [1.807, 2.05) is 13.8 Å². The van der Waals surface area contributed by atoms with Crippen molar-refractivity contribution in [3.05, 3.63) is 59.4 Å². The first-order chi connectivity index (χ1) is 14.2. The van der Waals surface area contributed by atoms with E-state index in [1.54, 1.807) is 0 Å². The summed E-state index contributed by atoms with van der Waals surface area (Å²) in [6, 6.07) is 8.30. The summed E-state index contributed by atoms with van der Waals surface area (Å²) in [5, 5.41) is 0.382. The first-order valence-electron chi connectivity index (χ1n) is 9.50. The van der Waals surface area contributed by atoms with Gasteiger partial charge in [-0.3, -0.25) is 9.69 Å². The maximum Gasteiger partial charge on any atom is 0.416 e. The second kappa shape index (κ2) is 9.09. The molecule has 0 fully saturated rings. The molecule has 160 valence electrons. The molecule has 3 aromatic rings. The average Bonchev–Trinajstić information content (AvgIpc) is 3.13. The molecule has 0 saturated carbocycles. The van der Waals surface area contributed by atoms with Gasteiger partial charge in [0.05, 0.1) is 15.8 Å². The largest absolute Gasteiger partial charge is 0.416 e. The zero-order chi connectivity index (χ0) is 21.9. The fourth-order valence-corrected chi connectivity index (χ4v) is 4.04. The Morgan fingerprint density at radius 3 is 2.30 bits per heavy atom. The molecular formula is C21H21F4N3OS. The summed E-state index contributed by atoms with van der Waals surface area (Å²) in [6.07, 6.45) is -4.47. The molecular weight excluding hydrogens is 418 g/mol. The number of anilines is 1. The van der Waals surface area contributed by atoms with E-state index in [-0.39, 0.29) is 5.56 Å². The van der Waals surface area contributed by atoms with Crippen LogP contribution in [0.25, 0.3) is 10.2 Å². The van der Waals surface area contributed by atoms with Crippen molar-refractivity contribution in [2.75, 3.05) is 31.1 Å². The van der Waals surface area contributed by atoms with Gasteiger partial charge in [0.2, 0.25) is 0 Å². The van der Waals surface area contributed by atoms with Crippen molar-refractivity contribution < 1.29 is 22.4 Å². The van der Waals surface area contributed by atoms with Crippen LogP contribution >= 0.6 is 11.3 Å². The number of carbonyl (C=O) groups is 1. The minimum absolute atomic E-state index is 0.132. The van der Waals surface area contributed by atoms with Gasteiger partial charge in [-0.05, 0) is 55.6 Å². The molecule has 0 bridgehead atoms. The van der Waals surface area contributed by atoms with Crippen LogP contribution in [0.3, 0.4) is 0 Å². The van der Waals surface area contributed by atoms with E-state index >= 15 is 0 Å². The van der Waals surface area contributed by atoms with Crippen molar-refractivity contribution in [3.8, 4) is 0 Å². The van der Waals surface area contributed by atoms with Crippen molar-refractivity contribution in [2.24, 2.45) is 0 Å². The molecule has 0 N–H and O–H groups in total. The number of carbonyl (C=O) groups excluding carboxylic acids is 1. The van der Waals surface area contributed by atoms with Crippen molar-refractivity contribution in [3.63, 3.8) is 0 Å². The number of alkyl halides is 3. The number of hydrogen-bond donors (Lipinski definition) is 0. The van der Waals surface area contributed by atoms with Crippen LogP contribution in [0.1, 0.15) is 29.8 Å². The Morgan fingerprint density at radius 1 is 1.03 bits per heavy atom. The molecule has 0 aliphatic heterocycles. The summed E-state index contributed by atoms with van der Waals surface area (Å²) in [4.78, 5) is 21.2. The van der Waals surface area contributed by atoms with E-state index in [0.29, 0.717) is 28.4 Å². The zero-order valence-corrected chi connectivity index (χ0v) is 17.4. The lowest BCUT2D eigenvalue weighted by Crippen LogP contribution is -2.38. The van der Waals surface area contributed by atoms with Gasteiger partial charge in [0.25, 0.3) is 5.91 Å². The van der Waals surface area contributed by atoms with E-state index < -0.39 is 23.5 Å². The molecule has 0 aliphatic rings. The molecule has 30 heavy (non-hydrogen) atoms. The van der Waals surface area contributed by atoms with Crippen molar-refractivity contribution in [2.45, 2.75) is 20.0 Å². The Morgan fingerprint density at radius 2 is 1.70 bits per heavy atom. The number of halogens is 4. The van der Waals surface area contributed by atoms with Crippen LogP contribution in [0.2, 0.25) is 0 Å². The number of fused-ring (bicyclic) bond motifs is 1. The lowest BCUT2D eigenvalue weighted by Gasteiger charge is -2.24. The molecule has 1 amide bonds. The number of aromatic nitrogens is 1. The minimum Gasteiger partial charge on any atom is -0.302 e. The number of rotatable bonds is 7. The second-order valence-corrected chi connectivity index (χ2v) is 7.68. The maximum absolute atomic E-state index is 13.5. The Labute approximate surface area is 175 Å². The maximum atomic E-state index is 13.5. The van der Waals surface area contributed by atoms with Crippen molar-refractivity contribution in [1.29, 1.82) is 0 Å². The van der Waals surface area contributed by atoms with E-state index in [9.17, 15) is 22.4 Å². The third-order valence-corrected chi connectivity index (χ3v) is 5.85. The Kier molecular flexibility index (Phi) is 6.72. The molecule has 0 spiro atoms. The summed E-state index contributed by atoms with van der Waals surface area (Å²) >= 11 is 1.17. The summed E-state index contributed by atoms with van der Waals surface area (Å²) in [7, 11) is 0. The molecule has 2 aromatic carbocycles. The third-order valence-electron chi connectivity index (χ3n) is 4.81. The van der Waals surface area contributed by atoms with Gasteiger partial charge < -0.3 is 4.90 Å². The molecule has 0 radical (unpaired) electrons. The second-order valence-electron chi connectivity index (χ2n) is 6.67. The predicted octanol–water partition coefficient (Wildman–Crippen LogP) is 5.44. The number of benzene rings is 2. The van der Waals surface area contributed by atoms with Gasteiger partial charge in [-0.2, -0.15) is 13.2 Å². The van der Waals surface area contributed by atoms with Gasteiger partial charge >= 0.3 is 6.18 Å². The van der Waals surface area contributed by atoms with Crippen LogP contribution in [0.5, 0.6) is 0 Å².